The maximum Gasteiger partial charge on any atom is 0.243 e. The fraction of sp³-hybridized carbons (Fsp3) is 0.586. The van der Waals surface area contributed by atoms with Crippen LogP contribution in [0.15, 0.2) is 58.3 Å². The van der Waals surface area contributed by atoms with E-state index in [2.05, 4.69) is 0 Å². The molecule has 0 N–H and O–H groups in total. The van der Waals surface area contributed by atoms with Crippen molar-refractivity contribution in [3.63, 3.8) is 0 Å². The molecular formula is C29H44N2O4S2. The maximum absolute atomic E-state index is 13.4. The molecule has 37 heavy (non-hydrogen) atoms. The second kappa shape index (κ2) is 14.4. The van der Waals surface area contributed by atoms with E-state index < -0.39 is 20.0 Å². The van der Waals surface area contributed by atoms with Crippen molar-refractivity contribution in [2.75, 3.05) is 26.2 Å². The molecule has 0 saturated carbocycles. The standard InChI is InChI=1S/C29H44N2O4S2/c1-26-14-18-28(19-15-26)36(32,33)30-22-10-7-5-3-4-6-8-11-23-31(25-13-9-12-24-30)37(34,35)29-20-16-27(2)17-21-29/h14-21H,3-13,22-25H2,1-2H3. The predicted octanol–water partition coefficient (Wildman–Crippen LogP) is 6.29. The van der Waals surface area contributed by atoms with Gasteiger partial charge in [-0.1, -0.05) is 80.3 Å². The summed E-state index contributed by atoms with van der Waals surface area (Å²) in [5, 5.41) is 0. The number of hydrogen-bond acceptors (Lipinski definition) is 4. The highest BCUT2D eigenvalue weighted by molar-refractivity contribution is 7.89. The minimum Gasteiger partial charge on any atom is -0.207 e. The van der Waals surface area contributed by atoms with E-state index in [1.165, 1.54) is 0 Å². The molecule has 0 aromatic heterocycles. The van der Waals surface area contributed by atoms with Gasteiger partial charge in [-0.15, -0.1) is 0 Å². The second-order valence-corrected chi connectivity index (χ2v) is 14.2. The Morgan fingerprint density at radius 2 is 0.676 bits per heavy atom. The monoisotopic (exact) mass is 548 g/mol. The van der Waals surface area contributed by atoms with Crippen LogP contribution in [-0.2, 0) is 20.0 Å². The largest absolute Gasteiger partial charge is 0.243 e. The van der Waals surface area contributed by atoms with Gasteiger partial charge in [0, 0.05) is 26.2 Å². The normalized spacial score (nSPS) is 19.3. The summed E-state index contributed by atoms with van der Waals surface area (Å²) in [6.07, 6.45) is 10.5. The molecule has 1 heterocycles. The quantitative estimate of drug-likeness (QED) is 0.450. The van der Waals surface area contributed by atoms with Crippen molar-refractivity contribution in [3.05, 3.63) is 59.7 Å². The molecule has 0 unspecified atom stereocenters. The fourth-order valence-corrected chi connectivity index (χ4v) is 7.85. The van der Waals surface area contributed by atoms with Crippen molar-refractivity contribution in [1.82, 2.24) is 8.61 Å². The van der Waals surface area contributed by atoms with Gasteiger partial charge in [0.25, 0.3) is 0 Å². The lowest BCUT2D eigenvalue weighted by Crippen LogP contribution is -2.34. The van der Waals surface area contributed by atoms with E-state index in [1.807, 2.05) is 38.1 Å². The van der Waals surface area contributed by atoms with Gasteiger partial charge in [-0.2, -0.15) is 8.61 Å². The number of nitrogens with zero attached hydrogens (tertiary/aromatic N) is 2. The highest BCUT2D eigenvalue weighted by Gasteiger charge is 2.25. The molecular weight excluding hydrogens is 504 g/mol. The van der Waals surface area contributed by atoms with Gasteiger partial charge >= 0.3 is 0 Å². The molecule has 6 nitrogen and oxygen atoms in total. The molecule has 3 rings (SSSR count). The molecule has 0 aliphatic carbocycles. The van der Waals surface area contributed by atoms with Crippen molar-refractivity contribution in [1.29, 1.82) is 0 Å². The zero-order chi connectivity index (χ0) is 26.7. The highest BCUT2D eigenvalue weighted by Crippen LogP contribution is 2.21. The first-order valence-corrected chi connectivity index (χ1v) is 16.7. The van der Waals surface area contributed by atoms with Crippen molar-refractivity contribution in [2.24, 2.45) is 0 Å². The maximum atomic E-state index is 13.4. The van der Waals surface area contributed by atoms with E-state index >= 15 is 0 Å². The molecule has 2 aromatic carbocycles. The number of rotatable bonds is 4. The smallest absolute Gasteiger partial charge is 0.207 e. The van der Waals surface area contributed by atoms with Crippen LogP contribution < -0.4 is 0 Å². The van der Waals surface area contributed by atoms with E-state index in [-0.39, 0.29) is 0 Å². The van der Waals surface area contributed by atoms with Gasteiger partial charge in [0.1, 0.15) is 0 Å². The molecule has 0 spiro atoms. The summed E-state index contributed by atoms with van der Waals surface area (Å²) in [6.45, 7) is 5.89. The van der Waals surface area contributed by atoms with Crippen LogP contribution in [0.5, 0.6) is 0 Å². The lowest BCUT2D eigenvalue weighted by molar-refractivity contribution is 0.368. The molecule has 0 bridgehead atoms. The number of benzene rings is 2. The van der Waals surface area contributed by atoms with Gasteiger partial charge < -0.3 is 0 Å². The van der Waals surface area contributed by atoms with Gasteiger partial charge in [-0.3, -0.25) is 0 Å². The van der Waals surface area contributed by atoms with Gasteiger partial charge in [0.05, 0.1) is 9.79 Å². The van der Waals surface area contributed by atoms with Crippen LogP contribution in [0.1, 0.15) is 81.8 Å². The topological polar surface area (TPSA) is 74.8 Å². The van der Waals surface area contributed by atoms with Crippen LogP contribution in [0.25, 0.3) is 0 Å². The Morgan fingerprint density at radius 3 is 0.973 bits per heavy atom. The summed E-state index contributed by atoms with van der Waals surface area (Å²) in [5.41, 5.74) is 2.07. The highest BCUT2D eigenvalue weighted by atomic mass is 32.2. The van der Waals surface area contributed by atoms with Crippen LogP contribution in [0.4, 0.5) is 0 Å². The summed E-state index contributed by atoms with van der Waals surface area (Å²) in [4.78, 5) is 0.693. The van der Waals surface area contributed by atoms with Crippen LogP contribution in [0.2, 0.25) is 0 Å². The Bertz CT molecular complexity index is 1070. The Labute approximate surface area is 225 Å². The molecule has 1 saturated heterocycles. The second-order valence-electron chi connectivity index (χ2n) is 10.3. The summed E-state index contributed by atoms with van der Waals surface area (Å²) in [7, 11) is -7.10. The molecule has 1 fully saturated rings. The lowest BCUT2D eigenvalue weighted by atomic mass is 10.1. The lowest BCUT2D eigenvalue weighted by Gasteiger charge is -2.24. The average molecular weight is 549 g/mol. The fourth-order valence-electron chi connectivity index (χ4n) is 4.81. The van der Waals surface area contributed by atoms with Crippen LogP contribution >= 0.6 is 0 Å². The third-order valence-corrected chi connectivity index (χ3v) is 11.0. The van der Waals surface area contributed by atoms with E-state index in [0.717, 1.165) is 68.9 Å². The number of hydrogen-bond donors (Lipinski definition) is 0. The van der Waals surface area contributed by atoms with Crippen molar-refractivity contribution in [3.8, 4) is 0 Å². The first-order valence-electron chi connectivity index (χ1n) is 13.8. The van der Waals surface area contributed by atoms with Crippen LogP contribution in [0, 0.1) is 13.8 Å². The molecule has 0 atom stereocenters. The molecule has 2 aromatic rings. The van der Waals surface area contributed by atoms with Crippen molar-refractivity contribution >= 4 is 20.0 Å². The molecule has 0 amide bonds. The molecule has 1 aliphatic rings. The van der Waals surface area contributed by atoms with Gasteiger partial charge in [-0.25, -0.2) is 16.8 Å². The van der Waals surface area contributed by atoms with Gasteiger partial charge in [-0.05, 0) is 63.8 Å². The third kappa shape index (κ3) is 8.91. The zero-order valence-corrected chi connectivity index (χ0v) is 24.2. The summed E-state index contributed by atoms with van der Waals surface area (Å²) in [5.74, 6) is 0. The average Bonchev–Trinajstić information content (AvgIpc) is 2.87. The molecule has 206 valence electrons. The Morgan fingerprint density at radius 1 is 0.432 bits per heavy atom. The van der Waals surface area contributed by atoms with E-state index in [4.69, 9.17) is 0 Å². The minimum atomic E-state index is -3.55. The molecule has 8 heteroatoms. The van der Waals surface area contributed by atoms with Crippen LogP contribution in [0.3, 0.4) is 0 Å². The molecule has 1 aliphatic heterocycles. The minimum absolute atomic E-state index is 0.347. The van der Waals surface area contributed by atoms with E-state index in [0.29, 0.717) is 48.8 Å². The predicted molar refractivity (Wildman–Crippen MR) is 151 cm³/mol. The summed E-state index contributed by atoms with van der Waals surface area (Å²) in [6, 6.07) is 14.2. The van der Waals surface area contributed by atoms with Gasteiger partial charge in [0.2, 0.25) is 20.0 Å². The summed E-state index contributed by atoms with van der Waals surface area (Å²) < 4.78 is 56.8. The summed E-state index contributed by atoms with van der Waals surface area (Å²) >= 11 is 0. The van der Waals surface area contributed by atoms with Crippen LogP contribution in [-0.4, -0.2) is 51.6 Å². The number of aryl methyl sites for hydroxylation is 2. The van der Waals surface area contributed by atoms with E-state index in [9.17, 15) is 16.8 Å². The third-order valence-electron chi connectivity index (χ3n) is 7.20. The first-order chi connectivity index (χ1) is 17.7. The van der Waals surface area contributed by atoms with Crippen molar-refractivity contribution < 1.29 is 16.8 Å². The zero-order valence-electron chi connectivity index (χ0n) is 22.6. The Kier molecular flexibility index (Phi) is 11.6. The number of sulfonamides is 2. The SMILES string of the molecule is Cc1ccc(S(=O)(=O)N2CCCCCCCCCCN(S(=O)(=O)c3ccc(C)cc3)CCCCC2)cc1. The van der Waals surface area contributed by atoms with Gasteiger partial charge in [0.15, 0.2) is 0 Å². The Hall–Kier alpha value is -1.74. The Balaban J connectivity index is 1.70. The van der Waals surface area contributed by atoms with E-state index in [1.54, 1.807) is 32.9 Å². The van der Waals surface area contributed by atoms with Crippen molar-refractivity contribution in [2.45, 2.75) is 94.3 Å². The first kappa shape index (κ1) is 29.8. The molecule has 0 radical (unpaired) electrons.